The molecule has 1 aliphatic carbocycles. The minimum Gasteiger partial charge on any atom is -0.348 e. The van der Waals surface area contributed by atoms with Crippen LogP contribution in [0.15, 0.2) is 67.6 Å². The number of hydrogen-bond acceptors (Lipinski definition) is 8. The SMILES string of the molecule is [2H]C([2H])([2H])n1cc(C[C@H](C(=O)NC(C)(C)Cn2nc(C(F)(F)F)cc2-c2cnc(C)nc2)N2CC[C@@]3(C[C@@H]3c3ccc(-c4cnc5nc(C)cn5c4)cc3Cl)C2=O)cn1. The molecule has 6 heterocycles. The van der Waals surface area contributed by atoms with Crippen LogP contribution in [-0.2, 0) is 35.7 Å². The van der Waals surface area contributed by atoms with Gasteiger partial charge in [0, 0.05) is 83.3 Å². The molecule has 1 saturated carbocycles. The highest BCUT2D eigenvalue weighted by Gasteiger charge is 2.65. The fraction of sp³-hybridized carbons (Fsp3) is 0.385. The van der Waals surface area contributed by atoms with Crippen LogP contribution in [0.3, 0.4) is 0 Å². The monoisotopic (exact) mass is 788 g/mol. The van der Waals surface area contributed by atoms with E-state index in [1.807, 2.05) is 41.9 Å². The van der Waals surface area contributed by atoms with Crippen molar-refractivity contribution < 1.29 is 26.9 Å². The molecule has 13 nitrogen and oxygen atoms in total. The average molecular weight is 789 g/mol. The number of carbonyl (C=O) groups excluding carboxylic acids is 2. The highest BCUT2D eigenvalue weighted by atomic mass is 35.5. The molecule has 1 aromatic carbocycles. The number of nitrogens with zero attached hydrogens (tertiary/aromatic N) is 10. The second-order valence-corrected chi connectivity index (χ2v) is 15.7. The summed E-state index contributed by atoms with van der Waals surface area (Å²) >= 11 is 6.90. The molecule has 5 aromatic heterocycles. The van der Waals surface area contributed by atoms with Crippen molar-refractivity contribution in [3.63, 3.8) is 0 Å². The van der Waals surface area contributed by atoms with Gasteiger partial charge >= 0.3 is 6.18 Å². The van der Waals surface area contributed by atoms with Crippen LogP contribution in [-0.4, -0.2) is 78.7 Å². The Bertz CT molecular complexity index is 2600. The van der Waals surface area contributed by atoms with E-state index in [4.69, 9.17) is 15.7 Å². The van der Waals surface area contributed by atoms with Gasteiger partial charge in [0.15, 0.2) is 5.69 Å². The van der Waals surface area contributed by atoms with Crippen molar-refractivity contribution in [2.75, 3.05) is 6.54 Å². The van der Waals surface area contributed by atoms with E-state index in [1.54, 1.807) is 27.0 Å². The Hall–Kier alpha value is -5.64. The zero-order chi connectivity index (χ0) is 42.2. The van der Waals surface area contributed by atoms with Crippen molar-refractivity contribution in [1.82, 2.24) is 54.1 Å². The van der Waals surface area contributed by atoms with Crippen molar-refractivity contribution in [2.24, 2.45) is 12.4 Å². The summed E-state index contributed by atoms with van der Waals surface area (Å²) in [5.74, 6) is -0.00609. The Morgan fingerprint density at radius 3 is 2.54 bits per heavy atom. The smallest absolute Gasteiger partial charge is 0.348 e. The summed E-state index contributed by atoms with van der Waals surface area (Å²) in [4.78, 5) is 47.5. The first-order chi connectivity index (χ1) is 27.7. The van der Waals surface area contributed by atoms with Crippen LogP contribution in [0.5, 0.6) is 0 Å². The molecule has 17 heteroatoms. The number of aryl methyl sites for hydroxylation is 3. The van der Waals surface area contributed by atoms with Crippen LogP contribution in [0.4, 0.5) is 13.2 Å². The lowest BCUT2D eigenvalue weighted by Crippen LogP contribution is -2.56. The van der Waals surface area contributed by atoms with Crippen molar-refractivity contribution in [2.45, 2.75) is 77.2 Å². The molecule has 1 N–H and O–H groups in total. The van der Waals surface area contributed by atoms with Crippen LogP contribution in [0.2, 0.25) is 5.02 Å². The molecule has 0 radical (unpaired) electrons. The van der Waals surface area contributed by atoms with E-state index in [0.717, 1.165) is 37.8 Å². The largest absolute Gasteiger partial charge is 0.435 e. The molecular weight excluding hydrogens is 747 g/mol. The molecule has 56 heavy (non-hydrogen) atoms. The number of likely N-dealkylation sites (tertiary alicyclic amines) is 1. The predicted molar refractivity (Wildman–Crippen MR) is 200 cm³/mol. The number of imidazole rings is 1. The second-order valence-electron chi connectivity index (χ2n) is 15.3. The number of benzene rings is 1. The standard InChI is InChI=1S/C39H39ClF3N11O2/c1-22-18-52-20-27(17-46-36(52)48-22)25-6-7-28(30(40)11-25)29-13-38(29)8-9-53(35(38)56)32(10-24-14-47-51(5)19-24)34(55)49-37(3,4)21-54-31(12-33(50-54)39(41,42)43)26-15-44-23(2)45-16-26/h6-7,11-12,14-20,29,32H,8-10,13,21H2,1-5H3,(H,49,55)/t29-,32-,38+/m1/s1/i5D3. The zero-order valence-electron chi connectivity index (χ0n) is 33.8. The van der Waals surface area contributed by atoms with Crippen molar-refractivity contribution in [3.8, 4) is 22.4 Å². The minimum absolute atomic E-state index is 0.0688. The summed E-state index contributed by atoms with van der Waals surface area (Å²) in [5.41, 5.74) is 1.01. The highest BCUT2D eigenvalue weighted by molar-refractivity contribution is 6.31. The van der Waals surface area contributed by atoms with Gasteiger partial charge in [0.1, 0.15) is 11.9 Å². The third-order valence-corrected chi connectivity index (χ3v) is 10.9. The number of aromatic nitrogens is 9. The van der Waals surface area contributed by atoms with Gasteiger partial charge < -0.3 is 10.2 Å². The first-order valence-corrected chi connectivity index (χ1v) is 18.3. The summed E-state index contributed by atoms with van der Waals surface area (Å²) in [6.45, 7) is 4.29. The Kier molecular flexibility index (Phi) is 8.14. The number of alkyl halides is 3. The van der Waals surface area contributed by atoms with Gasteiger partial charge in [-0.1, -0.05) is 23.7 Å². The van der Waals surface area contributed by atoms with Crippen LogP contribution >= 0.6 is 11.6 Å². The van der Waals surface area contributed by atoms with Crippen molar-refractivity contribution in [3.05, 3.63) is 101 Å². The number of amides is 2. The Morgan fingerprint density at radius 2 is 1.82 bits per heavy atom. The molecule has 2 fully saturated rings. The van der Waals surface area contributed by atoms with E-state index in [0.29, 0.717) is 40.6 Å². The van der Waals surface area contributed by atoms with Crippen LogP contribution in [0.1, 0.15) is 65.1 Å². The molecule has 1 saturated heterocycles. The maximum atomic E-state index is 14.5. The zero-order valence-corrected chi connectivity index (χ0v) is 31.6. The third kappa shape index (κ3) is 7.01. The number of hydrogen-bond donors (Lipinski definition) is 1. The quantitative estimate of drug-likeness (QED) is 0.179. The van der Waals surface area contributed by atoms with Gasteiger partial charge in [-0.15, -0.1) is 0 Å². The third-order valence-electron chi connectivity index (χ3n) is 10.6. The fourth-order valence-electron chi connectivity index (χ4n) is 7.78. The van der Waals surface area contributed by atoms with Crippen LogP contribution in [0, 0.1) is 19.3 Å². The molecule has 3 atom stereocenters. The van der Waals surface area contributed by atoms with Gasteiger partial charge in [0.05, 0.1) is 35.1 Å². The summed E-state index contributed by atoms with van der Waals surface area (Å²) in [6, 6.07) is 5.50. The van der Waals surface area contributed by atoms with E-state index < -0.39 is 41.7 Å². The first-order valence-electron chi connectivity index (χ1n) is 19.4. The molecular formula is C39H39ClF3N11O2. The molecule has 1 spiro atoms. The first kappa shape index (κ1) is 33.7. The van der Waals surface area contributed by atoms with Crippen molar-refractivity contribution in [1.29, 1.82) is 0 Å². The fourth-order valence-corrected chi connectivity index (χ4v) is 8.09. The minimum atomic E-state index is -4.74. The average Bonchev–Trinajstić information content (AvgIpc) is 3.58. The maximum Gasteiger partial charge on any atom is 0.435 e. The molecule has 8 rings (SSSR count). The predicted octanol–water partition coefficient (Wildman–Crippen LogP) is 5.98. The summed E-state index contributed by atoms with van der Waals surface area (Å²) in [7, 11) is 0. The number of fused-ring (bicyclic) bond motifs is 1. The molecule has 0 unspecified atom stereocenters. The summed E-state index contributed by atoms with van der Waals surface area (Å²) in [5, 5.41) is 11.3. The number of carbonyl (C=O) groups is 2. The van der Waals surface area contributed by atoms with E-state index in [1.165, 1.54) is 29.7 Å². The normalized spacial score (nSPS) is 20.0. The van der Waals surface area contributed by atoms with E-state index in [9.17, 15) is 22.8 Å². The summed E-state index contributed by atoms with van der Waals surface area (Å²) < 4.78 is 68.8. The van der Waals surface area contributed by atoms with Gasteiger partial charge in [-0.25, -0.2) is 19.9 Å². The number of rotatable bonds is 10. The molecule has 2 amide bonds. The van der Waals surface area contributed by atoms with Gasteiger partial charge in [-0.2, -0.15) is 23.4 Å². The lowest BCUT2D eigenvalue weighted by atomic mass is 9.96. The number of nitrogens with one attached hydrogen (secondary N) is 1. The highest BCUT2D eigenvalue weighted by Crippen LogP contribution is 2.66. The van der Waals surface area contributed by atoms with Gasteiger partial charge in [0.25, 0.3) is 0 Å². The molecule has 0 bridgehead atoms. The molecule has 6 aromatic rings. The van der Waals surface area contributed by atoms with E-state index in [-0.39, 0.29) is 37.0 Å². The lowest BCUT2D eigenvalue weighted by Gasteiger charge is -2.33. The molecule has 1 aliphatic heterocycles. The van der Waals surface area contributed by atoms with Crippen LogP contribution in [0.25, 0.3) is 28.2 Å². The Balaban J connectivity index is 1.05. The Morgan fingerprint density at radius 1 is 1.05 bits per heavy atom. The maximum absolute atomic E-state index is 14.5. The van der Waals surface area contributed by atoms with Crippen LogP contribution < -0.4 is 5.32 Å². The topological polar surface area (TPSA) is 141 Å². The second kappa shape index (κ2) is 13.5. The number of halogens is 4. The molecule has 2 aliphatic rings. The van der Waals surface area contributed by atoms with Gasteiger partial charge in [-0.3, -0.25) is 23.4 Å². The lowest BCUT2D eigenvalue weighted by molar-refractivity contribution is -0.141. The van der Waals surface area contributed by atoms with Crippen molar-refractivity contribution >= 4 is 29.2 Å². The van der Waals surface area contributed by atoms with E-state index in [2.05, 4.69) is 35.5 Å². The summed E-state index contributed by atoms with van der Waals surface area (Å²) in [6.07, 6.45) is 7.15. The van der Waals surface area contributed by atoms with Gasteiger partial charge in [0.2, 0.25) is 17.6 Å². The Labute approximate surface area is 329 Å². The molecule has 290 valence electrons. The van der Waals surface area contributed by atoms with Gasteiger partial charge in [-0.05, 0) is 69.4 Å². The van der Waals surface area contributed by atoms with E-state index >= 15 is 0 Å².